The molecule has 1 saturated heterocycles. The second kappa shape index (κ2) is 10.7. The van der Waals surface area contributed by atoms with Crippen molar-refractivity contribution in [3.8, 4) is 11.5 Å². The minimum absolute atomic E-state index is 0.0109. The fraction of sp³-hybridized carbons (Fsp3) is 0.417. The fourth-order valence-electron chi connectivity index (χ4n) is 3.59. The minimum atomic E-state index is -0.0525. The van der Waals surface area contributed by atoms with Gasteiger partial charge < -0.3 is 19.3 Å². The molecule has 0 saturated carbocycles. The van der Waals surface area contributed by atoms with Gasteiger partial charge in [0.15, 0.2) is 6.61 Å². The number of amides is 2. The zero-order valence-electron chi connectivity index (χ0n) is 17.8. The van der Waals surface area contributed by atoms with Gasteiger partial charge in [0.1, 0.15) is 11.5 Å². The summed E-state index contributed by atoms with van der Waals surface area (Å²) in [5.74, 6) is 1.27. The van der Waals surface area contributed by atoms with Gasteiger partial charge in [0.25, 0.3) is 11.8 Å². The van der Waals surface area contributed by atoms with E-state index in [4.69, 9.17) is 9.47 Å². The molecule has 0 unspecified atom stereocenters. The van der Waals surface area contributed by atoms with Crippen molar-refractivity contribution in [2.75, 3.05) is 39.9 Å². The van der Waals surface area contributed by atoms with Gasteiger partial charge in [-0.1, -0.05) is 31.5 Å². The lowest BCUT2D eigenvalue weighted by molar-refractivity contribution is -0.133. The van der Waals surface area contributed by atoms with Crippen molar-refractivity contribution in [2.45, 2.75) is 26.2 Å². The van der Waals surface area contributed by atoms with Crippen LogP contribution >= 0.6 is 0 Å². The number of benzene rings is 2. The molecule has 1 heterocycles. The fourth-order valence-corrected chi connectivity index (χ4v) is 3.59. The van der Waals surface area contributed by atoms with Crippen LogP contribution in [0.1, 0.15) is 35.7 Å². The van der Waals surface area contributed by atoms with E-state index in [9.17, 15) is 9.59 Å². The Morgan fingerprint density at radius 2 is 1.67 bits per heavy atom. The Hall–Kier alpha value is -3.02. The Balaban J connectivity index is 1.51. The summed E-state index contributed by atoms with van der Waals surface area (Å²) in [6.45, 7) is 4.42. The highest BCUT2D eigenvalue weighted by Gasteiger charge is 2.23. The van der Waals surface area contributed by atoms with E-state index in [0.717, 1.165) is 19.3 Å². The highest BCUT2D eigenvalue weighted by molar-refractivity contribution is 5.94. The predicted molar refractivity (Wildman–Crippen MR) is 116 cm³/mol. The number of hydrogen-bond donors (Lipinski definition) is 0. The zero-order chi connectivity index (χ0) is 21.3. The number of aryl methyl sites for hydroxylation is 1. The summed E-state index contributed by atoms with van der Waals surface area (Å²) in [5, 5.41) is 0. The van der Waals surface area contributed by atoms with E-state index in [1.807, 2.05) is 36.4 Å². The van der Waals surface area contributed by atoms with Crippen molar-refractivity contribution in [2.24, 2.45) is 0 Å². The Kier molecular flexibility index (Phi) is 7.71. The third-order valence-corrected chi connectivity index (χ3v) is 5.28. The van der Waals surface area contributed by atoms with Crippen LogP contribution in [-0.2, 0) is 11.2 Å². The van der Waals surface area contributed by atoms with E-state index < -0.39 is 0 Å². The van der Waals surface area contributed by atoms with Crippen molar-refractivity contribution in [1.29, 1.82) is 0 Å². The lowest BCUT2D eigenvalue weighted by Gasteiger charge is -2.22. The summed E-state index contributed by atoms with van der Waals surface area (Å²) >= 11 is 0. The number of carbonyl (C=O) groups is 2. The van der Waals surface area contributed by atoms with Crippen molar-refractivity contribution >= 4 is 11.8 Å². The van der Waals surface area contributed by atoms with Crippen molar-refractivity contribution < 1.29 is 19.1 Å². The number of nitrogens with zero attached hydrogens (tertiary/aromatic N) is 2. The summed E-state index contributed by atoms with van der Waals surface area (Å²) in [6.07, 6.45) is 2.89. The van der Waals surface area contributed by atoms with Gasteiger partial charge in [-0.25, -0.2) is 0 Å². The zero-order valence-corrected chi connectivity index (χ0v) is 17.8. The molecule has 1 aliphatic heterocycles. The monoisotopic (exact) mass is 410 g/mol. The maximum atomic E-state index is 12.8. The molecule has 3 rings (SSSR count). The van der Waals surface area contributed by atoms with Gasteiger partial charge in [0.2, 0.25) is 0 Å². The Morgan fingerprint density at radius 1 is 0.933 bits per heavy atom. The lowest BCUT2D eigenvalue weighted by Crippen LogP contribution is -2.39. The van der Waals surface area contributed by atoms with Crippen LogP contribution in [0.25, 0.3) is 0 Å². The molecular formula is C24H30N2O4. The molecule has 1 fully saturated rings. The Labute approximate surface area is 178 Å². The number of hydrogen-bond acceptors (Lipinski definition) is 4. The smallest absolute Gasteiger partial charge is 0.260 e. The van der Waals surface area contributed by atoms with Crippen LogP contribution in [0.3, 0.4) is 0 Å². The quantitative estimate of drug-likeness (QED) is 0.702. The molecule has 160 valence electrons. The summed E-state index contributed by atoms with van der Waals surface area (Å²) in [4.78, 5) is 29.0. The van der Waals surface area contributed by atoms with Crippen molar-refractivity contribution in [1.82, 2.24) is 9.80 Å². The molecule has 0 radical (unpaired) electrons. The van der Waals surface area contributed by atoms with Crippen LogP contribution in [0.4, 0.5) is 0 Å². The van der Waals surface area contributed by atoms with E-state index in [1.165, 1.54) is 5.56 Å². The molecule has 0 aliphatic carbocycles. The molecule has 0 spiro atoms. The SMILES string of the molecule is CCCc1ccc(OCC(=O)N2CCCN(C(=O)c3cccc(OC)c3)CC2)cc1. The standard InChI is InChI=1S/C24H30N2O4/c1-3-6-19-9-11-21(12-10-19)30-18-23(27)25-13-5-14-26(16-15-25)24(28)20-7-4-8-22(17-20)29-2/h4,7-12,17H,3,5-6,13-16,18H2,1-2H3. The highest BCUT2D eigenvalue weighted by Crippen LogP contribution is 2.16. The van der Waals surface area contributed by atoms with E-state index in [-0.39, 0.29) is 18.4 Å². The third kappa shape index (κ3) is 5.75. The Bertz CT molecular complexity index is 851. The van der Waals surface area contributed by atoms with Gasteiger partial charge in [0.05, 0.1) is 7.11 Å². The first kappa shape index (κ1) is 21.7. The molecule has 0 atom stereocenters. The molecule has 2 amide bonds. The first-order valence-electron chi connectivity index (χ1n) is 10.5. The molecule has 2 aromatic rings. The van der Waals surface area contributed by atoms with Gasteiger partial charge >= 0.3 is 0 Å². The van der Waals surface area contributed by atoms with Gasteiger partial charge in [-0.15, -0.1) is 0 Å². The van der Waals surface area contributed by atoms with Gasteiger partial charge in [-0.05, 0) is 48.7 Å². The average Bonchev–Trinajstić information content (AvgIpc) is 3.04. The maximum Gasteiger partial charge on any atom is 0.260 e. The van der Waals surface area contributed by atoms with E-state index in [2.05, 4.69) is 6.92 Å². The van der Waals surface area contributed by atoms with E-state index >= 15 is 0 Å². The molecule has 6 nitrogen and oxygen atoms in total. The van der Waals surface area contributed by atoms with Crippen LogP contribution in [0.5, 0.6) is 11.5 Å². The summed E-state index contributed by atoms with van der Waals surface area (Å²) in [5.41, 5.74) is 1.87. The van der Waals surface area contributed by atoms with Crippen LogP contribution in [0, 0.1) is 0 Å². The average molecular weight is 411 g/mol. The largest absolute Gasteiger partial charge is 0.497 e. The molecule has 6 heteroatoms. The Morgan fingerprint density at radius 3 is 2.40 bits per heavy atom. The number of rotatable bonds is 7. The number of carbonyl (C=O) groups excluding carboxylic acids is 2. The minimum Gasteiger partial charge on any atom is -0.497 e. The van der Waals surface area contributed by atoms with Crippen LogP contribution in [0.15, 0.2) is 48.5 Å². The van der Waals surface area contributed by atoms with Crippen LogP contribution < -0.4 is 9.47 Å². The van der Waals surface area contributed by atoms with Crippen LogP contribution in [-0.4, -0.2) is 61.5 Å². The first-order valence-corrected chi connectivity index (χ1v) is 10.5. The second-order valence-corrected chi connectivity index (χ2v) is 7.44. The topological polar surface area (TPSA) is 59.1 Å². The first-order chi connectivity index (χ1) is 14.6. The molecule has 2 aromatic carbocycles. The summed E-state index contributed by atoms with van der Waals surface area (Å²) < 4.78 is 10.9. The van der Waals surface area contributed by atoms with E-state index in [0.29, 0.717) is 43.2 Å². The molecule has 0 bridgehead atoms. The van der Waals surface area contributed by atoms with E-state index in [1.54, 1.807) is 29.0 Å². The van der Waals surface area contributed by atoms with Gasteiger partial charge in [-0.3, -0.25) is 9.59 Å². The maximum absolute atomic E-state index is 12.8. The van der Waals surface area contributed by atoms with Gasteiger partial charge in [0, 0.05) is 31.7 Å². The second-order valence-electron chi connectivity index (χ2n) is 7.44. The van der Waals surface area contributed by atoms with Gasteiger partial charge in [-0.2, -0.15) is 0 Å². The normalized spacial score (nSPS) is 14.2. The lowest BCUT2D eigenvalue weighted by atomic mass is 10.1. The molecule has 1 aliphatic rings. The predicted octanol–water partition coefficient (Wildman–Crippen LogP) is 3.40. The van der Waals surface area contributed by atoms with Crippen molar-refractivity contribution in [3.63, 3.8) is 0 Å². The summed E-state index contributed by atoms with van der Waals surface area (Å²) in [6, 6.07) is 15.1. The van der Waals surface area contributed by atoms with Crippen LogP contribution in [0.2, 0.25) is 0 Å². The van der Waals surface area contributed by atoms with Crippen molar-refractivity contribution in [3.05, 3.63) is 59.7 Å². The highest BCUT2D eigenvalue weighted by atomic mass is 16.5. The molecule has 30 heavy (non-hydrogen) atoms. The summed E-state index contributed by atoms with van der Waals surface area (Å²) in [7, 11) is 1.58. The number of methoxy groups -OCH3 is 1. The third-order valence-electron chi connectivity index (χ3n) is 5.28. The molecule has 0 aromatic heterocycles. The number of ether oxygens (including phenoxy) is 2. The molecular weight excluding hydrogens is 380 g/mol. The molecule has 0 N–H and O–H groups in total.